The van der Waals surface area contributed by atoms with E-state index in [4.69, 9.17) is 0 Å². The van der Waals surface area contributed by atoms with Crippen LogP contribution < -0.4 is 5.32 Å². The van der Waals surface area contributed by atoms with E-state index in [1.165, 1.54) is 11.1 Å². The van der Waals surface area contributed by atoms with Crippen molar-refractivity contribution in [3.05, 3.63) is 35.4 Å². The molecule has 1 nitrogen and oxygen atoms in total. The van der Waals surface area contributed by atoms with Gasteiger partial charge in [0.1, 0.15) is 0 Å². The van der Waals surface area contributed by atoms with Gasteiger partial charge in [-0.25, -0.2) is 0 Å². The first-order chi connectivity index (χ1) is 6.57. The molecule has 0 radical (unpaired) electrons. The zero-order chi connectivity index (χ0) is 10.6. The molecule has 1 heteroatoms. The molecular weight excluding hydrogens is 170 g/mol. The minimum atomic E-state index is 0.187. The summed E-state index contributed by atoms with van der Waals surface area (Å²) in [6.45, 7) is 6.65. The van der Waals surface area contributed by atoms with Gasteiger partial charge in [-0.05, 0) is 44.9 Å². The highest BCUT2D eigenvalue weighted by Crippen LogP contribution is 2.13. The topological polar surface area (TPSA) is 12.0 Å². The van der Waals surface area contributed by atoms with Crippen molar-refractivity contribution < 1.29 is 0 Å². The number of aryl methyl sites for hydroxylation is 1. The molecular formula is C13H21N. The largest absolute Gasteiger partial charge is 0.314 e. The molecule has 1 N–H and O–H groups in total. The zero-order valence-corrected chi connectivity index (χ0v) is 9.72. The predicted molar refractivity (Wildman–Crippen MR) is 62.7 cm³/mol. The second-order valence-corrected chi connectivity index (χ2v) is 4.48. The highest BCUT2D eigenvalue weighted by molar-refractivity contribution is 5.24. The third-order valence-corrected chi connectivity index (χ3v) is 2.72. The molecule has 0 aromatic heterocycles. The van der Waals surface area contributed by atoms with E-state index in [0.717, 1.165) is 12.8 Å². The van der Waals surface area contributed by atoms with Gasteiger partial charge in [-0.1, -0.05) is 31.2 Å². The summed E-state index contributed by atoms with van der Waals surface area (Å²) in [5.74, 6) is 0. The molecule has 0 aliphatic rings. The second-order valence-electron chi connectivity index (χ2n) is 4.48. The molecule has 0 aliphatic heterocycles. The molecule has 1 aromatic rings. The molecule has 0 fully saturated rings. The van der Waals surface area contributed by atoms with Gasteiger partial charge < -0.3 is 5.32 Å². The van der Waals surface area contributed by atoms with E-state index < -0.39 is 0 Å². The Bertz CT molecular complexity index is 289. The lowest BCUT2D eigenvalue weighted by Gasteiger charge is -2.24. The Balaban J connectivity index is 2.76. The van der Waals surface area contributed by atoms with Gasteiger partial charge in [-0.3, -0.25) is 0 Å². The smallest absolute Gasteiger partial charge is 0.0162 e. The molecule has 0 heterocycles. The Morgan fingerprint density at radius 3 is 2.43 bits per heavy atom. The van der Waals surface area contributed by atoms with Gasteiger partial charge in [0.2, 0.25) is 0 Å². The van der Waals surface area contributed by atoms with E-state index in [-0.39, 0.29) is 5.54 Å². The van der Waals surface area contributed by atoms with Gasteiger partial charge in [-0.2, -0.15) is 0 Å². The highest BCUT2D eigenvalue weighted by atomic mass is 14.9. The fourth-order valence-electron chi connectivity index (χ4n) is 1.56. The van der Waals surface area contributed by atoms with E-state index in [1.807, 2.05) is 7.05 Å². The first kappa shape index (κ1) is 11.3. The molecule has 0 aliphatic carbocycles. The van der Waals surface area contributed by atoms with E-state index in [1.54, 1.807) is 0 Å². The van der Waals surface area contributed by atoms with Crippen LogP contribution in [0.2, 0.25) is 0 Å². The summed E-state index contributed by atoms with van der Waals surface area (Å²) in [6, 6.07) is 8.85. The van der Waals surface area contributed by atoms with Crippen LogP contribution in [0.15, 0.2) is 24.3 Å². The average Bonchev–Trinajstić information content (AvgIpc) is 2.17. The summed E-state index contributed by atoms with van der Waals surface area (Å²) in [5, 5.41) is 3.33. The normalized spacial score (nSPS) is 11.7. The van der Waals surface area contributed by atoms with E-state index >= 15 is 0 Å². The Hall–Kier alpha value is -0.820. The Labute approximate surface area is 87.5 Å². The Morgan fingerprint density at radius 1 is 1.21 bits per heavy atom. The van der Waals surface area contributed by atoms with Gasteiger partial charge in [0.05, 0.1) is 0 Å². The summed E-state index contributed by atoms with van der Waals surface area (Å²) < 4.78 is 0. The molecule has 0 spiro atoms. The predicted octanol–water partition coefficient (Wildman–Crippen LogP) is 2.79. The van der Waals surface area contributed by atoms with Crippen molar-refractivity contribution in [3.8, 4) is 0 Å². The molecule has 1 rings (SSSR count). The van der Waals surface area contributed by atoms with Crippen LogP contribution in [0.1, 0.15) is 31.9 Å². The maximum atomic E-state index is 3.33. The summed E-state index contributed by atoms with van der Waals surface area (Å²) in [7, 11) is 2.02. The van der Waals surface area contributed by atoms with Crippen LogP contribution in [0.3, 0.4) is 0 Å². The molecule has 0 bridgehead atoms. The summed E-state index contributed by atoms with van der Waals surface area (Å²) >= 11 is 0. The third-order valence-electron chi connectivity index (χ3n) is 2.72. The molecule has 14 heavy (non-hydrogen) atoms. The van der Waals surface area contributed by atoms with Crippen molar-refractivity contribution >= 4 is 0 Å². The lowest BCUT2D eigenvalue weighted by atomic mass is 9.94. The van der Waals surface area contributed by atoms with Crippen LogP contribution in [0.5, 0.6) is 0 Å². The third kappa shape index (κ3) is 3.15. The average molecular weight is 191 g/mol. The van der Waals surface area contributed by atoms with Crippen molar-refractivity contribution in [2.75, 3.05) is 7.05 Å². The maximum Gasteiger partial charge on any atom is 0.0162 e. The van der Waals surface area contributed by atoms with E-state index in [0.29, 0.717) is 0 Å². The van der Waals surface area contributed by atoms with Crippen molar-refractivity contribution in [1.82, 2.24) is 5.32 Å². The van der Waals surface area contributed by atoms with Crippen molar-refractivity contribution in [2.45, 2.75) is 39.2 Å². The van der Waals surface area contributed by atoms with Gasteiger partial charge in [0, 0.05) is 5.54 Å². The number of likely N-dealkylation sites (N-methyl/N-ethyl adjacent to an activating group) is 1. The summed E-state index contributed by atoms with van der Waals surface area (Å²) in [5.41, 5.74) is 3.03. The van der Waals surface area contributed by atoms with Crippen molar-refractivity contribution in [3.63, 3.8) is 0 Å². The number of hydrogen-bond donors (Lipinski definition) is 1. The van der Waals surface area contributed by atoms with Crippen LogP contribution >= 0.6 is 0 Å². The summed E-state index contributed by atoms with van der Waals surface area (Å²) in [6.07, 6.45) is 2.20. The number of benzene rings is 1. The number of hydrogen-bond acceptors (Lipinski definition) is 1. The number of rotatable bonds is 4. The summed E-state index contributed by atoms with van der Waals surface area (Å²) in [4.78, 5) is 0. The van der Waals surface area contributed by atoms with Crippen LogP contribution in [0.4, 0.5) is 0 Å². The van der Waals surface area contributed by atoms with Gasteiger partial charge >= 0.3 is 0 Å². The molecule has 0 amide bonds. The van der Waals surface area contributed by atoms with E-state index in [9.17, 15) is 0 Å². The van der Waals surface area contributed by atoms with Crippen LogP contribution in [-0.4, -0.2) is 12.6 Å². The first-order valence-electron chi connectivity index (χ1n) is 5.34. The minimum Gasteiger partial charge on any atom is -0.314 e. The van der Waals surface area contributed by atoms with Crippen LogP contribution in [-0.2, 0) is 12.8 Å². The molecule has 0 unspecified atom stereocenters. The standard InChI is InChI=1S/C13H21N/c1-5-11-7-6-8-12(9-11)10-13(2,3)14-4/h6-9,14H,5,10H2,1-4H3. The Kier molecular flexibility index (Phi) is 3.70. The van der Waals surface area contributed by atoms with Crippen molar-refractivity contribution in [2.24, 2.45) is 0 Å². The minimum absolute atomic E-state index is 0.187. The molecule has 0 saturated carbocycles. The van der Waals surface area contributed by atoms with Crippen LogP contribution in [0.25, 0.3) is 0 Å². The highest BCUT2D eigenvalue weighted by Gasteiger charge is 2.14. The maximum absolute atomic E-state index is 3.33. The first-order valence-corrected chi connectivity index (χ1v) is 5.34. The van der Waals surface area contributed by atoms with Crippen molar-refractivity contribution in [1.29, 1.82) is 0 Å². The SMILES string of the molecule is CCc1cccc(CC(C)(C)NC)c1. The second kappa shape index (κ2) is 4.61. The van der Waals surface area contributed by atoms with Gasteiger partial charge in [0.25, 0.3) is 0 Å². The van der Waals surface area contributed by atoms with Crippen LogP contribution in [0, 0.1) is 0 Å². The van der Waals surface area contributed by atoms with E-state index in [2.05, 4.69) is 50.4 Å². The lowest BCUT2D eigenvalue weighted by Crippen LogP contribution is -2.38. The quantitative estimate of drug-likeness (QED) is 0.771. The lowest BCUT2D eigenvalue weighted by molar-refractivity contribution is 0.422. The molecule has 0 atom stereocenters. The fraction of sp³-hybridized carbons (Fsp3) is 0.538. The zero-order valence-electron chi connectivity index (χ0n) is 9.72. The number of nitrogens with one attached hydrogen (secondary N) is 1. The molecule has 0 saturated heterocycles. The molecule has 78 valence electrons. The fourth-order valence-corrected chi connectivity index (χ4v) is 1.56. The molecule has 1 aromatic carbocycles. The monoisotopic (exact) mass is 191 g/mol. The van der Waals surface area contributed by atoms with Gasteiger partial charge in [-0.15, -0.1) is 0 Å². The Morgan fingerprint density at radius 2 is 1.86 bits per heavy atom. The van der Waals surface area contributed by atoms with Gasteiger partial charge in [0.15, 0.2) is 0 Å².